The summed E-state index contributed by atoms with van der Waals surface area (Å²) in [7, 11) is 0. The van der Waals surface area contributed by atoms with Crippen LogP contribution >= 0.6 is 0 Å². The van der Waals surface area contributed by atoms with Gasteiger partial charge >= 0.3 is 6.18 Å². The fraction of sp³-hybridized carbons (Fsp3) is 0.500. The molecule has 19 heavy (non-hydrogen) atoms. The second-order valence-electron chi connectivity index (χ2n) is 5.01. The Balaban J connectivity index is 2.68. The topological polar surface area (TPSA) is 29.1 Å². The van der Waals surface area contributed by atoms with Crippen molar-refractivity contribution in [3.8, 4) is 0 Å². The summed E-state index contributed by atoms with van der Waals surface area (Å²) in [5.74, 6) is 0.155. The molecule has 1 amide bonds. The molecule has 0 radical (unpaired) electrons. The van der Waals surface area contributed by atoms with Gasteiger partial charge in [0.05, 0.1) is 11.6 Å². The van der Waals surface area contributed by atoms with Gasteiger partial charge in [0, 0.05) is 6.42 Å². The predicted molar refractivity (Wildman–Crippen MR) is 67.5 cm³/mol. The monoisotopic (exact) mass is 273 g/mol. The maximum Gasteiger partial charge on any atom is 0.416 e. The molecule has 0 spiro atoms. The largest absolute Gasteiger partial charge is 0.416 e. The van der Waals surface area contributed by atoms with Crippen LogP contribution in [0.5, 0.6) is 0 Å². The molecular formula is C14H18F3NO. The molecule has 106 valence electrons. The average molecular weight is 273 g/mol. The molecule has 5 heteroatoms. The molecule has 1 aromatic carbocycles. The summed E-state index contributed by atoms with van der Waals surface area (Å²) in [5, 5.41) is 2.77. The third kappa shape index (κ3) is 4.93. The van der Waals surface area contributed by atoms with Crippen LogP contribution in [0.2, 0.25) is 0 Å². The van der Waals surface area contributed by atoms with Gasteiger partial charge in [0.15, 0.2) is 0 Å². The molecule has 1 rings (SSSR count). The van der Waals surface area contributed by atoms with Gasteiger partial charge in [-0.1, -0.05) is 26.0 Å². The molecule has 1 aromatic rings. The summed E-state index contributed by atoms with van der Waals surface area (Å²) >= 11 is 0. The van der Waals surface area contributed by atoms with Crippen molar-refractivity contribution in [1.82, 2.24) is 5.32 Å². The van der Waals surface area contributed by atoms with Crippen LogP contribution in [0.1, 0.15) is 44.4 Å². The lowest BCUT2D eigenvalue weighted by Gasteiger charge is -2.16. The summed E-state index contributed by atoms with van der Waals surface area (Å²) in [4.78, 5) is 11.6. The van der Waals surface area contributed by atoms with Crippen LogP contribution in [0.4, 0.5) is 13.2 Å². The van der Waals surface area contributed by atoms with E-state index < -0.39 is 11.7 Å². The highest BCUT2D eigenvalue weighted by molar-refractivity contribution is 5.76. The summed E-state index contributed by atoms with van der Waals surface area (Å²) in [6.07, 6.45) is -3.92. The third-order valence-corrected chi connectivity index (χ3v) is 2.71. The van der Waals surface area contributed by atoms with E-state index in [-0.39, 0.29) is 17.9 Å². The molecule has 0 saturated heterocycles. The van der Waals surface area contributed by atoms with Gasteiger partial charge in [-0.25, -0.2) is 0 Å². The SMILES string of the molecule is CC(C)CC(=O)NC(C)c1ccc(C(F)(F)F)cc1. The molecule has 0 aliphatic rings. The van der Waals surface area contributed by atoms with E-state index in [1.54, 1.807) is 6.92 Å². The Morgan fingerprint density at radius 3 is 2.11 bits per heavy atom. The van der Waals surface area contributed by atoms with Gasteiger partial charge in [0.1, 0.15) is 0 Å². The van der Waals surface area contributed by atoms with Crippen LogP contribution in [0.3, 0.4) is 0 Å². The fourth-order valence-corrected chi connectivity index (χ4v) is 1.72. The molecule has 1 atom stereocenters. The summed E-state index contributed by atoms with van der Waals surface area (Å²) < 4.78 is 37.2. The van der Waals surface area contributed by atoms with Crippen LogP contribution < -0.4 is 5.32 Å². The highest BCUT2D eigenvalue weighted by Gasteiger charge is 2.30. The second-order valence-corrected chi connectivity index (χ2v) is 5.01. The lowest BCUT2D eigenvalue weighted by molar-refractivity contribution is -0.137. The minimum absolute atomic E-state index is 0.0950. The van der Waals surface area contributed by atoms with E-state index in [4.69, 9.17) is 0 Å². The molecule has 0 aromatic heterocycles. The Morgan fingerprint density at radius 2 is 1.68 bits per heavy atom. The number of rotatable bonds is 4. The summed E-state index contributed by atoms with van der Waals surface area (Å²) in [6.45, 7) is 5.62. The number of halogens is 3. The quantitative estimate of drug-likeness (QED) is 0.884. The standard InChI is InChI=1S/C14H18F3NO/c1-9(2)8-13(19)18-10(3)11-4-6-12(7-5-11)14(15,16)17/h4-7,9-10H,8H2,1-3H3,(H,18,19). The first-order valence-electron chi connectivity index (χ1n) is 6.16. The van der Waals surface area contributed by atoms with Crippen molar-refractivity contribution in [2.45, 2.75) is 39.4 Å². The van der Waals surface area contributed by atoms with Crippen LogP contribution in [-0.4, -0.2) is 5.91 Å². The van der Waals surface area contributed by atoms with E-state index in [9.17, 15) is 18.0 Å². The molecular weight excluding hydrogens is 255 g/mol. The van der Waals surface area contributed by atoms with E-state index in [0.29, 0.717) is 12.0 Å². The smallest absolute Gasteiger partial charge is 0.350 e. The number of carbonyl (C=O) groups is 1. The van der Waals surface area contributed by atoms with Crippen molar-refractivity contribution in [1.29, 1.82) is 0 Å². The number of hydrogen-bond donors (Lipinski definition) is 1. The summed E-state index contributed by atoms with van der Waals surface area (Å²) in [5.41, 5.74) is -0.0259. The van der Waals surface area contributed by atoms with Crippen LogP contribution in [0.15, 0.2) is 24.3 Å². The van der Waals surface area contributed by atoms with Crippen LogP contribution in [-0.2, 0) is 11.0 Å². The number of nitrogens with one attached hydrogen (secondary N) is 1. The van der Waals surface area contributed by atoms with Crippen molar-refractivity contribution in [3.63, 3.8) is 0 Å². The van der Waals surface area contributed by atoms with Crippen LogP contribution in [0, 0.1) is 5.92 Å². The number of benzene rings is 1. The minimum Gasteiger partial charge on any atom is -0.350 e. The van der Waals surface area contributed by atoms with Gasteiger partial charge in [-0.3, -0.25) is 4.79 Å². The third-order valence-electron chi connectivity index (χ3n) is 2.71. The average Bonchev–Trinajstić information content (AvgIpc) is 2.26. The Kier molecular flexibility index (Phi) is 4.97. The maximum absolute atomic E-state index is 12.4. The Bertz CT molecular complexity index is 423. The van der Waals surface area contributed by atoms with E-state index in [1.807, 2.05) is 13.8 Å². The van der Waals surface area contributed by atoms with Crippen molar-refractivity contribution in [2.75, 3.05) is 0 Å². The Morgan fingerprint density at radius 1 is 1.16 bits per heavy atom. The maximum atomic E-state index is 12.4. The van der Waals surface area contributed by atoms with Crippen LogP contribution in [0.25, 0.3) is 0 Å². The van der Waals surface area contributed by atoms with Crippen molar-refractivity contribution >= 4 is 5.91 Å². The van der Waals surface area contributed by atoms with E-state index in [0.717, 1.165) is 12.1 Å². The van der Waals surface area contributed by atoms with E-state index in [1.165, 1.54) is 12.1 Å². The van der Waals surface area contributed by atoms with Gasteiger partial charge in [0.25, 0.3) is 0 Å². The molecule has 2 nitrogen and oxygen atoms in total. The van der Waals surface area contributed by atoms with E-state index in [2.05, 4.69) is 5.32 Å². The van der Waals surface area contributed by atoms with Crippen molar-refractivity contribution in [2.24, 2.45) is 5.92 Å². The highest BCUT2D eigenvalue weighted by atomic mass is 19.4. The minimum atomic E-state index is -4.33. The predicted octanol–water partition coefficient (Wildman–Crippen LogP) is 3.93. The van der Waals surface area contributed by atoms with Gasteiger partial charge in [-0.2, -0.15) is 13.2 Å². The van der Waals surface area contributed by atoms with Gasteiger partial charge < -0.3 is 5.32 Å². The first-order chi connectivity index (χ1) is 8.70. The first-order valence-corrected chi connectivity index (χ1v) is 6.16. The number of amides is 1. The van der Waals surface area contributed by atoms with Crippen molar-refractivity contribution in [3.05, 3.63) is 35.4 Å². The zero-order chi connectivity index (χ0) is 14.6. The van der Waals surface area contributed by atoms with Gasteiger partial charge in [-0.15, -0.1) is 0 Å². The fourth-order valence-electron chi connectivity index (χ4n) is 1.72. The number of carbonyl (C=O) groups excluding carboxylic acids is 1. The lowest BCUT2D eigenvalue weighted by atomic mass is 10.0. The molecule has 0 aliphatic carbocycles. The molecule has 0 heterocycles. The van der Waals surface area contributed by atoms with Crippen molar-refractivity contribution < 1.29 is 18.0 Å². The molecule has 0 bridgehead atoms. The van der Waals surface area contributed by atoms with Gasteiger partial charge in [-0.05, 0) is 30.5 Å². The molecule has 0 saturated carbocycles. The Labute approximate surface area is 111 Å². The molecule has 0 fully saturated rings. The highest BCUT2D eigenvalue weighted by Crippen LogP contribution is 2.29. The molecule has 1 N–H and O–H groups in total. The lowest BCUT2D eigenvalue weighted by Crippen LogP contribution is -2.27. The summed E-state index contributed by atoms with van der Waals surface area (Å²) in [6, 6.07) is 4.54. The molecule has 1 unspecified atom stereocenters. The molecule has 0 aliphatic heterocycles. The number of alkyl halides is 3. The number of hydrogen-bond acceptors (Lipinski definition) is 1. The van der Waals surface area contributed by atoms with E-state index >= 15 is 0 Å². The first kappa shape index (κ1) is 15.5. The van der Waals surface area contributed by atoms with Gasteiger partial charge in [0.2, 0.25) is 5.91 Å². The second kappa shape index (κ2) is 6.08. The Hall–Kier alpha value is -1.52. The normalized spacial score (nSPS) is 13.4. The zero-order valence-electron chi connectivity index (χ0n) is 11.2. The zero-order valence-corrected chi connectivity index (χ0v) is 11.2.